The first-order chi connectivity index (χ1) is 23.1. The Labute approximate surface area is 277 Å². The molecule has 12 heteroatoms. The van der Waals surface area contributed by atoms with Crippen LogP contribution in [0.3, 0.4) is 0 Å². The molecule has 1 aliphatic rings. The Kier molecular flexibility index (Phi) is 7.93. The van der Waals surface area contributed by atoms with Gasteiger partial charge in [-0.1, -0.05) is 0 Å². The number of phenols is 6. The number of rotatable bonds is 6. The molecule has 48 heavy (non-hydrogen) atoms. The standard InChI is InChI=1S/C36H30N3O6P3/c40-25-1-13-31(14-2-25)46(32-15-3-26(41)4-16-32)37-47(33-17-5-27(42)6-18-33,34-19-7-28(43)8-20-34)39-48(38-46,35-21-9-29(44)10-22-35)36-23-11-30(45)12-24-36/h1-24,40-45H. The first-order valence-electron chi connectivity index (χ1n) is 14.8. The fourth-order valence-electron chi connectivity index (χ4n) is 5.65. The molecule has 1 aliphatic heterocycles. The van der Waals surface area contributed by atoms with Crippen LogP contribution in [0, 0.1) is 0 Å². The molecule has 6 aromatic rings. The molecule has 0 saturated carbocycles. The van der Waals surface area contributed by atoms with Crippen molar-refractivity contribution in [1.29, 1.82) is 0 Å². The van der Waals surface area contributed by atoms with Crippen LogP contribution in [0.25, 0.3) is 0 Å². The number of phenolic OH excluding ortho intramolecular Hbond substituents is 6. The zero-order chi connectivity index (χ0) is 33.5. The third-order valence-electron chi connectivity index (χ3n) is 8.04. The molecule has 0 amide bonds. The fourth-order valence-corrected chi connectivity index (χ4v) is 20.8. The van der Waals surface area contributed by atoms with E-state index in [1.165, 1.54) is 0 Å². The Morgan fingerprint density at radius 3 is 0.479 bits per heavy atom. The van der Waals surface area contributed by atoms with Gasteiger partial charge in [-0.15, -0.1) is 0 Å². The van der Waals surface area contributed by atoms with Crippen molar-refractivity contribution >= 4 is 53.4 Å². The lowest BCUT2D eigenvalue weighted by molar-refractivity contribution is 0.475. The predicted octanol–water partition coefficient (Wildman–Crippen LogP) is 6.54. The van der Waals surface area contributed by atoms with Gasteiger partial charge in [0.25, 0.3) is 0 Å². The van der Waals surface area contributed by atoms with Gasteiger partial charge in [0, 0.05) is 31.8 Å². The summed E-state index contributed by atoms with van der Waals surface area (Å²) in [4.78, 5) is 0. The summed E-state index contributed by atoms with van der Waals surface area (Å²) in [6, 6.07) is 40.8. The Bertz CT molecular complexity index is 1860. The SMILES string of the molecule is Oc1ccc(P2(c3ccc(O)cc3)=NP(c3ccc(O)cc3)(c3ccc(O)cc3)=NP(c3ccc(O)cc3)(c3ccc(O)cc3)=N2)cc1. The highest BCUT2D eigenvalue weighted by molar-refractivity contribution is 8.00. The lowest BCUT2D eigenvalue weighted by Gasteiger charge is -2.38. The van der Waals surface area contributed by atoms with Crippen LogP contribution in [0.15, 0.2) is 159 Å². The van der Waals surface area contributed by atoms with Crippen molar-refractivity contribution in [3.8, 4) is 34.5 Å². The molecular formula is C36H30N3O6P3. The minimum Gasteiger partial charge on any atom is -0.508 e. The van der Waals surface area contributed by atoms with E-state index in [9.17, 15) is 30.6 Å². The topological polar surface area (TPSA) is 158 Å². The van der Waals surface area contributed by atoms with E-state index in [0.29, 0.717) is 0 Å². The van der Waals surface area contributed by atoms with E-state index >= 15 is 0 Å². The second-order valence-corrected chi connectivity index (χ2v) is 20.0. The zero-order valence-corrected chi connectivity index (χ0v) is 27.9. The summed E-state index contributed by atoms with van der Waals surface area (Å²) in [5.41, 5.74) is 0. The molecule has 6 N–H and O–H groups in total. The number of hydrogen-bond acceptors (Lipinski definition) is 9. The quantitative estimate of drug-likeness (QED) is 0.109. The van der Waals surface area contributed by atoms with E-state index in [0.717, 1.165) is 31.8 Å². The maximum atomic E-state index is 10.4. The predicted molar refractivity (Wildman–Crippen MR) is 194 cm³/mol. The highest BCUT2D eigenvalue weighted by Gasteiger charge is 2.42. The zero-order valence-electron chi connectivity index (χ0n) is 25.2. The van der Waals surface area contributed by atoms with Crippen LogP contribution in [-0.4, -0.2) is 30.6 Å². The number of hydrogen-bond donors (Lipinski definition) is 6. The van der Waals surface area contributed by atoms with Crippen molar-refractivity contribution < 1.29 is 30.6 Å². The maximum Gasteiger partial charge on any atom is 0.138 e. The molecule has 6 aromatic carbocycles. The average Bonchev–Trinajstić information content (AvgIpc) is 3.09. The van der Waals surface area contributed by atoms with Crippen molar-refractivity contribution in [2.75, 3.05) is 0 Å². The van der Waals surface area contributed by atoms with E-state index in [2.05, 4.69) is 0 Å². The van der Waals surface area contributed by atoms with Crippen molar-refractivity contribution in [3.05, 3.63) is 146 Å². The maximum absolute atomic E-state index is 10.4. The molecule has 0 spiro atoms. The summed E-state index contributed by atoms with van der Waals surface area (Å²) in [6.45, 7) is 0. The van der Waals surface area contributed by atoms with Gasteiger partial charge in [-0.2, -0.15) is 0 Å². The monoisotopic (exact) mass is 693 g/mol. The number of benzene rings is 6. The molecule has 0 aliphatic carbocycles. The van der Waals surface area contributed by atoms with Crippen LogP contribution in [0.4, 0.5) is 0 Å². The number of aromatic hydroxyl groups is 6. The summed E-state index contributed by atoms with van der Waals surface area (Å²) in [7, 11) is -9.91. The van der Waals surface area contributed by atoms with E-state index in [-0.39, 0.29) is 34.5 Å². The largest absolute Gasteiger partial charge is 0.508 e. The third kappa shape index (κ3) is 5.46. The van der Waals surface area contributed by atoms with Gasteiger partial charge >= 0.3 is 0 Å². The Morgan fingerprint density at radius 2 is 0.354 bits per heavy atom. The third-order valence-corrected chi connectivity index (χ3v) is 20.4. The van der Waals surface area contributed by atoms with Gasteiger partial charge in [-0.05, 0) is 146 Å². The van der Waals surface area contributed by atoms with Crippen LogP contribution < -0.4 is 31.8 Å². The molecule has 0 radical (unpaired) electrons. The summed E-state index contributed by atoms with van der Waals surface area (Å²) in [6.07, 6.45) is 0. The van der Waals surface area contributed by atoms with Gasteiger partial charge in [0.15, 0.2) is 0 Å². The average molecular weight is 694 g/mol. The van der Waals surface area contributed by atoms with Crippen molar-refractivity contribution in [3.63, 3.8) is 0 Å². The van der Waals surface area contributed by atoms with Gasteiger partial charge in [0.05, 0.1) is 0 Å². The molecular weight excluding hydrogens is 663 g/mol. The minimum atomic E-state index is -3.30. The van der Waals surface area contributed by atoms with Gasteiger partial charge in [-0.3, -0.25) is 0 Å². The second kappa shape index (κ2) is 12.1. The van der Waals surface area contributed by atoms with Crippen LogP contribution >= 0.6 is 21.6 Å². The van der Waals surface area contributed by atoms with Gasteiger partial charge < -0.3 is 30.6 Å². The van der Waals surface area contributed by atoms with E-state index in [4.69, 9.17) is 13.5 Å². The van der Waals surface area contributed by atoms with Crippen LogP contribution in [0.5, 0.6) is 34.5 Å². The molecule has 240 valence electrons. The second-order valence-electron chi connectivity index (χ2n) is 11.2. The molecule has 0 bridgehead atoms. The Morgan fingerprint density at radius 1 is 0.229 bits per heavy atom. The first-order valence-corrected chi connectivity index (χ1v) is 19.9. The Balaban J connectivity index is 1.80. The van der Waals surface area contributed by atoms with Crippen LogP contribution in [0.1, 0.15) is 0 Å². The van der Waals surface area contributed by atoms with Crippen molar-refractivity contribution in [2.45, 2.75) is 0 Å². The first kappa shape index (κ1) is 31.4. The number of nitrogens with zero attached hydrogens (tertiary/aromatic N) is 3. The molecule has 1 heterocycles. The smallest absolute Gasteiger partial charge is 0.138 e. The summed E-state index contributed by atoms with van der Waals surface area (Å²) in [5.74, 6) is 0.420. The fraction of sp³-hybridized carbons (Fsp3) is 0. The normalized spacial score (nSPS) is 15.8. The summed E-state index contributed by atoms with van der Waals surface area (Å²) < 4.78 is 17.5. The van der Waals surface area contributed by atoms with Gasteiger partial charge in [0.1, 0.15) is 56.1 Å². The molecule has 0 saturated heterocycles. The van der Waals surface area contributed by atoms with Gasteiger partial charge in [0.2, 0.25) is 0 Å². The molecule has 7 rings (SSSR count). The van der Waals surface area contributed by atoms with Crippen LogP contribution in [-0.2, 0) is 0 Å². The van der Waals surface area contributed by atoms with E-state index in [1.807, 2.05) is 0 Å². The van der Waals surface area contributed by atoms with Crippen LogP contribution in [0.2, 0.25) is 0 Å². The highest BCUT2D eigenvalue weighted by atomic mass is 31.3. The summed E-state index contributed by atoms with van der Waals surface area (Å²) >= 11 is 0. The van der Waals surface area contributed by atoms with E-state index in [1.54, 1.807) is 146 Å². The van der Waals surface area contributed by atoms with E-state index < -0.39 is 21.6 Å². The highest BCUT2D eigenvalue weighted by Crippen LogP contribution is 2.76. The molecule has 0 atom stereocenters. The van der Waals surface area contributed by atoms with Crippen molar-refractivity contribution in [2.24, 2.45) is 13.5 Å². The van der Waals surface area contributed by atoms with Gasteiger partial charge in [-0.25, -0.2) is 13.5 Å². The molecule has 0 fully saturated rings. The minimum absolute atomic E-state index is 0.0700. The molecule has 0 aromatic heterocycles. The molecule has 9 nitrogen and oxygen atoms in total. The molecule has 0 unspecified atom stereocenters. The lowest BCUT2D eigenvalue weighted by Crippen LogP contribution is -2.24. The van der Waals surface area contributed by atoms with Crippen molar-refractivity contribution in [1.82, 2.24) is 0 Å². The Hall–Kier alpha value is -5.19. The lowest BCUT2D eigenvalue weighted by atomic mass is 10.3. The summed E-state index contributed by atoms with van der Waals surface area (Å²) in [5, 5.41) is 66.7.